The van der Waals surface area contributed by atoms with Gasteiger partial charge in [0, 0.05) is 18.1 Å². The third-order valence-corrected chi connectivity index (χ3v) is 4.16. The Hall–Kier alpha value is -4.00. The van der Waals surface area contributed by atoms with Crippen LogP contribution in [0.15, 0.2) is 78.4 Å². The molecule has 2 bridgehead atoms. The summed E-state index contributed by atoms with van der Waals surface area (Å²) in [5, 5.41) is 11.7. The van der Waals surface area contributed by atoms with Gasteiger partial charge < -0.3 is 9.84 Å². The predicted molar refractivity (Wildman–Crippen MR) is 105 cm³/mol. The number of amides is 1. The van der Waals surface area contributed by atoms with Crippen molar-refractivity contribution in [3.8, 4) is 5.75 Å². The van der Waals surface area contributed by atoms with Crippen molar-refractivity contribution in [1.82, 2.24) is 14.9 Å². The number of para-hydroxylation sites is 1. The first kappa shape index (κ1) is 17.4. The highest BCUT2D eigenvalue weighted by atomic mass is 16.5. The molecule has 138 valence electrons. The van der Waals surface area contributed by atoms with E-state index in [2.05, 4.69) is 9.97 Å². The molecule has 2 aromatic carbocycles. The quantitative estimate of drug-likeness (QED) is 0.656. The SMILES string of the molecule is O=C(O)N1/C=C/C=C/Oc2ccc3ncnc(c3c2)N=c2cccc/c2=C/C1. The highest BCUT2D eigenvalue weighted by Gasteiger charge is 2.07. The average molecular weight is 372 g/mol. The van der Waals surface area contributed by atoms with Crippen LogP contribution in [-0.4, -0.2) is 32.6 Å². The molecule has 0 aliphatic carbocycles. The lowest BCUT2D eigenvalue weighted by Crippen LogP contribution is -2.29. The largest absolute Gasteiger partial charge is 0.465 e. The van der Waals surface area contributed by atoms with Crippen molar-refractivity contribution in [3.63, 3.8) is 0 Å². The Balaban J connectivity index is 1.96. The van der Waals surface area contributed by atoms with Crippen molar-refractivity contribution in [2.75, 3.05) is 6.54 Å². The van der Waals surface area contributed by atoms with Crippen molar-refractivity contribution in [1.29, 1.82) is 0 Å². The molecule has 1 N–H and O–H groups in total. The summed E-state index contributed by atoms with van der Waals surface area (Å²) < 4.78 is 5.61. The maximum Gasteiger partial charge on any atom is 0.411 e. The second-order valence-corrected chi connectivity index (χ2v) is 5.97. The minimum Gasteiger partial charge on any atom is -0.465 e. The second kappa shape index (κ2) is 7.71. The molecule has 1 amide bonds. The monoisotopic (exact) mass is 372 g/mol. The molecule has 0 saturated heterocycles. The summed E-state index contributed by atoms with van der Waals surface area (Å²) in [6.45, 7) is 0.181. The third kappa shape index (κ3) is 3.73. The zero-order valence-electron chi connectivity index (χ0n) is 14.8. The summed E-state index contributed by atoms with van der Waals surface area (Å²) in [7, 11) is 0. The zero-order chi connectivity index (χ0) is 19.3. The molecule has 1 aliphatic rings. The number of nitrogens with zero attached hydrogens (tertiary/aromatic N) is 4. The van der Waals surface area contributed by atoms with Gasteiger partial charge in [-0.1, -0.05) is 24.3 Å². The van der Waals surface area contributed by atoms with Crippen molar-refractivity contribution in [2.24, 2.45) is 4.99 Å². The van der Waals surface area contributed by atoms with E-state index in [1.54, 1.807) is 18.2 Å². The number of ether oxygens (including phenoxy) is 1. The average Bonchev–Trinajstić information content (AvgIpc) is 2.71. The van der Waals surface area contributed by atoms with Crippen LogP contribution in [-0.2, 0) is 0 Å². The standard InChI is InChI=1S/C21H16N4O3/c26-21(27)25-10-3-4-12-28-16-7-8-19-17(13-16)20(23-14-22-19)24-18-6-2-1-5-15(18)9-11-25/h1-10,12-14H,11H2,(H,26,27)/b10-3+,12-4+,15-9-,24-18?. The van der Waals surface area contributed by atoms with Gasteiger partial charge in [-0.3, -0.25) is 4.90 Å². The molecule has 3 aromatic rings. The Bertz CT molecular complexity index is 1220. The van der Waals surface area contributed by atoms with Gasteiger partial charge in [0.2, 0.25) is 0 Å². The van der Waals surface area contributed by atoms with Crippen LogP contribution in [0, 0.1) is 0 Å². The number of aromatic nitrogens is 2. The van der Waals surface area contributed by atoms with E-state index in [0.717, 1.165) is 16.1 Å². The van der Waals surface area contributed by atoms with E-state index >= 15 is 0 Å². The molecule has 0 saturated carbocycles. The fourth-order valence-electron chi connectivity index (χ4n) is 2.78. The van der Waals surface area contributed by atoms with Gasteiger partial charge in [-0.25, -0.2) is 19.8 Å². The van der Waals surface area contributed by atoms with Crippen molar-refractivity contribution in [2.45, 2.75) is 0 Å². The van der Waals surface area contributed by atoms with Crippen LogP contribution in [0.5, 0.6) is 5.75 Å². The summed E-state index contributed by atoms with van der Waals surface area (Å²) >= 11 is 0. The molecule has 1 aliphatic heterocycles. The first-order valence-corrected chi connectivity index (χ1v) is 8.59. The lowest BCUT2D eigenvalue weighted by atomic mass is 10.2. The highest BCUT2D eigenvalue weighted by molar-refractivity contribution is 5.88. The molecule has 4 rings (SSSR count). The summed E-state index contributed by atoms with van der Waals surface area (Å²) in [6, 6.07) is 13.0. The van der Waals surface area contributed by atoms with Crippen LogP contribution >= 0.6 is 0 Å². The Kier molecular flexibility index (Phi) is 4.79. The molecule has 0 spiro atoms. The topological polar surface area (TPSA) is 87.9 Å². The molecule has 28 heavy (non-hydrogen) atoms. The van der Waals surface area contributed by atoms with E-state index in [1.165, 1.54) is 23.7 Å². The Morgan fingerprint density at radius 3 is 2.89 bits per heavy atom. The highest BCUT2D eigenvalue weighted by Crippen LogP contribution is 2.25. The van der Waals surface area contributed by atoms with Crippen molar-refractivity contribution < 1.29 is 14.6 Å². The maximum atomic E-state index is 11.5. The van der Waals surface area contributed by atoms with Crippen molar-refractivity contribution >= 4 is 28.9 Å². The lowest BCUT2D eigenvalue weighted by molar-refractivity contribution is 0.167. The van der Waals surface area contributed by atoms with Crippen LogP contribution in [0.25, 0.3) is 17.0 Å². The van der Waals surface area contributed by atoms with E-state index in [0.29, 0.717) is 16.9 Å². The summed E-state index contributed by atoms with van der Waals surface area (Å²) in [6.07, 6.45) is 8.42. The number of carboxylic acid groups (broad SMARTS) is 1. The Labute approximate surface area is 160 Å². The first-order chi connectivity index (χ1) is 13.7. The summed E-state index contributed by atoms with van der Waals surface area (Å²) in [5.41, 5.74) is 0.757. The number of benzene rings is 2. The summed E-state index contributed by atoms with van der Waals surface area (Å²) in [4.78, 5) is 25.9. The van der Waals surface area contributed by atoms with Gasteiger partial charge in [-0.05, 0) is 41.6 Å². The number of fused-ring (bicyclic) bond motifs is 2. The fraction of sp³-hybridized carbons (Fsp3) is 0.0476. The molecule has 0 radical (unpaired) electrons. The van der Waals surface area contributed by atoms with Gasteiger partial charge in [0.15, 0.2) is 5.82 Å². The minimum atomic E-state index is -1.05. The van der Waals surface area contributed by atoms with Gasteiger partial charge in [0.05, 0.1) is 17.1 Å². The van der Waals surface area contributed by atoms with Crippen LogP contribution < -0.4 is 15.3 Å². The molecule has 0 unspecified atom stereocenters. The minimum absolute atomic E-state index is 0.181. The number of rotatable bonds is 0. The van der Waals surface area contributed by atoms with E-state index in [9.17, 15) is 9.90 Å². The van der Waals surface area contributed by atoms with E-state index in [-0.39, 0.29) is 6.54 Å². The number of hydrogen-bond acceptors (Lipinski definition) is 5. The van der Waals surface area contributed by atoms with Crippen LogP contribution in [0.3, 0.4) is 0 Å². The first-order valence-electron chi connectivity index (χ1n) is 8.59. The smallest absolute Gasteiger partial charge is 0.411 e. The van der Waals surface area contributed by atoms with Gasteiger partial charge in [0.25, 0.3) is 0 Å². The van der Waals surface area contributed by atoms with Crippen LogP contribution in [0.4, 0.5) is 10.6 Å². The lowest BCUT2D eigenvalue weighted by Gasteiger charge is -2.10. The number of carbonyl (C=O) groups is 1. The van der Waals surface area contributed by atoms with Gasteiger partial charge in [-0.2, -0.15) is 0 Å². The molecule has 1 aromatic heterocycles. The number of hydrogen-bond donors (Lipinski definition) is 1. The molecular weight excluding hydrogens is 356 g/mol. The van der Waals surface area contributed by atoms with E-state index in [1.807, 2.05) is 42.5 Å². The molecular formula is C21H16N4O3. The molecule has 7 heteroatoms. The van der Waals surface area contributed by atoms with Crippen LogP contribution in [0.2, 0.25) is 0 Å². The normalized spacial score (nSPS) is 17.1. The molecule has 0 atom stereocenters. The summed E-state index contributed by atoms with van der Waals surface area (Å²) in [5.74, 6) is 1.12. The molecule has 7 nitrogen and oxygen atoms in total. The van der Waals surface area contributed by atoms with E-state index in [4.69, 9.17) is 9.73 Å². The predicted octanol–water partition coefficient (Wildman–Crippen LogP) is 2.76. The maximum absolute atomic E-state index is 11.5. The van der Waals surface area contributed by atoms with Gasteiger partial charge >= 0.3 is 6.09 Å². The van der Waals surface area contributed by atoms with Crippen molar-refractivity contribution in [3.05, 3.63) is 84.0 Å². The Morgan fingerprint density at radius 2 is 2.00 bits per heavy atom. The van der Waals surface area contributed by atoms with Gasteiger partial charge in [0.1, 0.15) is 12.1 Å². The van der Waals surface area contributed by atoms with Crippen LogP contribution in [0.1, 0.15) is 0 Å². The fourth-order valence-corrected chi connectivity index (χ4v) is 2.78. The molecule has 2 heterocycles. The number of allylic oxidation sites excluding steroid dienone is 2. The zero-order valence-corrected chi connectivity index (χ0v) is 14.8. The van der Waals surface area contributed by atoms with Gasteiger partial charge in [-0.15, -0.1) is 0 Å². The molecule has 0 fully saturated rings. The Morgan fingerprint density at radius 1 is 1.11 bits per heavy atom. The third-order valence-electron chi connectivity index (χ3n) is 4.16. The second-order valence-electron chi connectivity index (χ2n) is 5.97. The van der Waals surface area contributed by atoms with E-state index < -0.39 is 6.09 Å².